The third-order valence-corrected chi connectivity index (χ3v) is 6.27. The van der Waals surface area contributed by atoms with E-state index in [1.807, 2.05) is 6.92 Å². The van der Waals surface area contributed by atoms with Crippen molar-refractivity contribution in [3.8, 4) is 11.5 Å². The highest BCUT2D eigenvalue weighted by molar-refractivity contribution is 5.89. The third-order valence-electron chi connectivity index (χ3n) is 6.27. The van der Waals surface area contributed by atoms with Gasteiger partial charge in [0.25, 0.3) is 5.91 Å². The number of carbonyl (C=O) groups is 2. The molecule has 182 valence electrons. The fourth-order valence-corrected chi connectivity index (χ4v) is 4.03. The number of fused-ring (bicyclic) bond motifs is 2. The highest BCUT2D eigenvalue weighted by Gasteiger charge is 2.23. The van der Waals surface area contributed by atoms with Crippen LogP contribution in [0.2, 0.25) is 0 Å². The van der Waals surface area contributed by atoms with Crippen LogP contribution in [0.5, 0.6) is 11.5 Å². The second-order valence-corrected chi connectivity index (χ2v) is 8.59. The number of nitrogens with one attached hydrogen (secondary N) is 2. The number of carboxylic acids is 1. The highest BCUT2D eigenvalue weighted by atomic mass is 16.5. The van der Waals surface area contributed by atoms with Crippen LogP contribution in [0.3, 0.4) is 0 Å². The minimum Gasteiger partial charge on any atom is -0.548 e. The normalized spacial score (nSPS) is 13.0. The number of H-pyrrole nitrogens is 1. The number of benzene rings is 2. The molecule has 2 atom stereocenters. The Balaban J connectivity index is 1.52. The van der Waals surface area contributed by atoms with Crippen LogP contribution in [0.15, 0.2) is 45.7 Å². The Hall–Kier alpha value is -4.27. The lowest BCUT2D eigenvalue weighted by Crippen LogP contribution is -2.52. The first kappa shape index (κ1) is 23.9. The third kappa shape index (κ3) is 4.57. The predicted octanol–water partition coefficient (Wildman–Crippen LogP) is 2.15. The van der Waals surface area contributed by atoms with Crippen molar-refractivity contribution in [2.45, 2.75) is 46.3 Å². The van der Waals surface area contributed by atoms with Gasteiger partial charge in [-0.15, -0.1) is 0 Å². The lowest BCUT2D eigenvalue weighted by Gasteiger charge is -2.23. The number of hydrogen-bond acceptors (Lipinski definition) is 7. The SMILES string of the molecule is Cc1c(C)c2ccc(O[C@H](C)C(=O)N[C@@H](Cc3c[nH]c4ccc(O)cc34)C(=O)[O-])c(C)c2oc1=O. The topological polar surface area (TPSA) is 145 Å². The Bertz CT molecular complexity index is 1520. The van der Waals surface area contributed by atoms with Crippen molar-refractivity contribution in [3.05, 3.63) is 69.2 Å². The van der Waals surface area contributed by atoms with E-state index >= 15 is 0 Å². The van der Waals surface area contributed by atoms with E-state index < -0.39 is 29.6 Å². The number of aromatic nitrogens is 1. The summed E-state index contributed by atoms with van der Waals surface area (Å²) in [7, 11) is 0. The molecule has 0 fully saturated rings. The molecule has 2 aromatic carbocycles. The molecule has 9 heteroatoms. The fraction of sp³-hybridized carbons (Fsp3) is 0.269. The van der Waals surface area contributed by atoms with Crippen molar-refractivity contribution in [2.75, 3.05) is 0 Å². The van der Waals surface area contributed by atoms with Crippen LogP contribution in [-0.2, 0) is 16.0 Å². The zero-order valence-corrected chi connectivity index (χ0v) is 19.7. The number of hydrogen-bond donors (Lipinski definition) is 3. The number of aromatic amines is 1. The minimum absolute atomic E-state index is 0.0429. The van der Waals surface area contributed by atoms with Gasteiger partial charge in [-0.3, -0.25) is 4.79 Å². The summed E-state index contributed by atoms with van der Waals surface area (Å²) in [6.07, 6.45) is 0.531. The van der Waals surface area contributed by atoms with Crippen molar-refractivity contribution in [1.82, 2.24) is 10.3 Å². The standard InChI is InChI=1S/C26H26N2O7/c1-12-13(2)26(33)35-23-14(3)22(8-6-18(12)23)34-15(4)24(30)28-21(25(31)32)9-16-11-27-20-7-5-17(29)10-19(16)20/h5-8,10-11,15,21,27,29H,9H2,1-4H3,(H,28,30)(H,31,32)/p-1/t15-,21+/m1/s1. The lowest BCUT2D eigenvalue weighted by atomic mass is 10.0. The zero-order valence-electron chi connectivity index (χ0n) is 19.7. The van der Waals surface area contributed by atoms with Crippen molar-refractivity contribution >= 4 is 33.7 Å². The molecule has 4 rings (SSSR count). The average molecular weight is 477 g/mol. The first-order chi connectivity index (χ1) is 16.6. The molecule has 9 nitrogen and oxygen atoms in total. The van der Waals surface area contributed by atoms with E-state index in [-0.39, 0.29) is 12.2 Å². The molecule has 0 aliphatic rings. The van der Waals surface area contributed by atoms with Gasteiger partial charge in [0, 0.05) is 40.0 Å². The summed E-state index contributed by atoms with van der Waals surface area (Å²) >= 11 is 0. The molecule has 2 aromatic heterocycles. The highest BCUT2D eigenvalue weighted by Crippen LogP contribution is 2.30. The average Bonchev–Trinajstić information content (AvgIpc) is 3.20. The molecule has 0 aliphatic heterocycles. The molecular formula is C26H25N2O7-. The predicted molar refractivity (Wildman–Crippen MR) is 127 cm³/mol. The summed E-state index contributed by atoms with van der Waals surface area (Å²) in [6.45, 7) is 6.74. The molecular weight excluding hydrogens is 452 g/mol. The first-order valence-corrected chi connectivity index (χ1v) is 11.1. The van der Waals surface area contributed by atoms with E-state index in [1.54, 1.807) is 38.2 Å². The maximum Gasteiger partial charge on any atom is 0.339 e. The molecule has 0 saturated carbocycles. The number of aryl methyl sites for hydroxylation is 2. The van der Waals surface area contributed by atoms with Gasteiger partial charge in [0.2, 0.25) is 0 Å². The van der Waals surface area contributed by atoms with Crippen molar-refractivity contribution in [1.29, 1.82) is 0 Å². The van der Waals surface area contributed by atoms with Gasteiger partial charge in [-0.2, -0.15) is 0 Å². The lowest BCUT2D eigenvalue weighted by molar-refractivity contribution is -0.308. The smallest absolute Gasteiger partial charge is 0.339 e. The Labute approximate surface area is 200 Å². The molecule has 0 bridgehead atoms. The van der Waals surface area contributed by atoms with Crippen LogP contribution in [0, 0.1) is 20.8 Å². The summed E-state index contributed by atoms with van der Waals surface area (Å²) in [5, 5.41) is 25.4. The van der Waals surface area contributed by atoms with Crippen LogP contribution in [0.25, 0.3) is 21.9 Å². The van der Waals surface area contributed by atoms with E-state index in [1.165, 1.54) is 19.1 Å². The molecule has 0 aliphatic carbocycles. The van der Waals surface area contributed by atoms with Crippen LogP contribution in [0.1, 0.15) is 29.2 Å². The monoisotopic (exact) mass is 477 g/mol. The van der Waals surface area contributed by atoms with Gasteiger partial charge < -0.3 is 34.5 Å². The second kappa shape index (κ2) is 9.17. The zero-order chi connectivity index (χ0) is 25.4. The Morgan fingerprint density at radius 2 is 1.86 bits per heavy atom. The number of aromatic hydroxyl groups is 1. The van der Waals surface area contributed by atoms with Crippen LogP contribution in [-0.4, -0.2) is 34.1 Å². The molecule has 4 aromatic rings. The summed E-state index contributed by atoms with van der Waals surface area (Å²) in [5.74, 6) is -1.72. The number of carboxylic acid groups (broad SMARTS) is 1. The van der Waals surface area contributed by atoms with Crippen LogP contribution >= 0.6 is 0 Å². The number of phenolic OH excluding ortho intramolecular Hbond substituents is 1. The van der Waals surface area contributed by atoms with E-state index in [9.17, 15) is 24.6 Å². The van der Waals surface area contributed by atoms with E-state index in [0.29, 0.717) is 33.4 Å². The Morgan fingerprint density at radius 3 is 2.57 bits per heavy atom. The summed E-state index contributed by atoms with van der Waals surface area (Å²) in [4.78, 5) is 39.7. The van der Waals surface area contributed by atoms with Gasteiger partial charge in [-0.05, 0) is 69.2 Å². The quantitative estimate of drug-likeness (QED) is 0.346. The van der Waals surface area contributed by atoms with Gasteiger partial charge in [0.05, 0.1) is 12.0 Å². The number of carbonyl (C=O) groups excluding carboxylic acids is 2. The van der Waals surface area contributed by atoms with Crippen LogP contribution < -0.4 is 20.8 Å². The fourth-order valence-electron chi connectivity index (χ4n) is 4.03. The molecule has 35 heavy (non-hydrogen) atoms. The van der Waals surface area contributed by atoms with Gasteiger partial charge in [-0.25, -0.2) is 4.79 Å². The second-order valence-electron chi connectivity index (χ2n) is 8.59. The van der Waals surface area contributed by atoms with Gasteiger partial charge in [-0.1, -0.05) is 0 Å². The first-order valence-electron chi connectivity index (χ1n) is 11.1. The Kier molecular flexibility index (Phi) is 6.26. The maximum atomic E-state index is 12.8. The number of amides is 1. The number of aliphatic carboxylic acids is 1. The van der Waals surface area contributed by atoms with Gasteiger partial charge in [0.1, 0.15) is 17.1 Å². The number of rotatable bonds is 7. The summed E-state index contributed by atoms with van der Waals surface area (Å²) < 4.78 is 11.2. The minimum atomic E-state index is -1.45. The molecule has 0 radical (unpaired) electrons. The van der Waals surface area contributed by atoms with Crippen molar-refractivity contribution in [3.63, 3.8) is 0 Å². The maximum absolute atomic E-state index is 12.8. The molecule has 1 amide bonds. The largest absolute Gasteiger partial charge is 0.548 e. The molecule has 0 spiro atoms. The van der Waals surface area contributed by atoms with Gasteiger partial charge in [0.15, 0.2) is 6.10 Å². The molecule has 2 heterocycles. The number of ether oxygens (including phenoxy) is 1. The van der Waals surface area contributed by atoms with Crippen LogP contribution in [0.4, 0.5) is 0 Å². The summed E-state index contributed by atoms with van der Waals surface area (Å²) in [5.41, 5.74) is 3.14. The van der Waals surface area contributed by atoms with Gasteiger partial charge >= 0.3 is 5.63 Å². The van der Waals surface area contributed by atoms with Crippen molar-refractivity contribution in [2.24, 2.45) is 0 Å². The number of phenols is 1. The van der Waals surface area contributed by atoms with E-state index in [2.05, 4.69) is 10.3 Å². The van der Waals surface area contributed by atoms with Crippen molar-refractivity contribution < 1.29 is 29.0 Å². The Morgan fingerprint density at radius 1 is 1.11 bits per heavy atom. The molecule has 3 N–H and O–H groups in total. The molecule has 0 unspecified atom stereocenters. The molecule has 0 saturated heterocycles. The summed E-state index contributed by atoms with van der Waals surface area (Å²) in [6, 6.07) is 6.82. The van der Waals surface area contributed by atoms with E-state index in [4.69, 9.17) is 9.15 Å². The van der Waals surface area contributed by atoms with E-state index in [0.717, 1.165) is 16.5 Å².